The fourth-order valence-corrected chi connectivity index (χ4v) is 2.81. The van der Waals surface area contributed by atoms with Crippen LogP contribution in [-0.2, 0) is 14.9 Å². The van der Waals surface area contributed by atoms with Gasteiger partial charge >= 0.3 is 15.4 Å². The molecule has 3 N–H and O–H groups in total. The average Bonchev–Trinajstić information content (AvgIpc) is 3.08. The lowest BCUT2D eigenvalue weighted by molar-refractivity contribution is 0.0116. The van der Waals surface area contributed by atoms with Gasteiger partial charge in [-0.15, -0.1) is 0 Å². The number of hydrogen-bond donors (Lipinski definition) is 3. The maximum atomic E-state index is 13.1. The zero-order valence-corrected chi connectivity index (χ0v) is 10.9. The molecule has 2 atom stereocenters. The maximum Gasteiger partial charge on any atom is 0.404 e. The van der Waals surface area contributed by atoms with Gasteiger partial charge < -0.3 is 20.1 Å². The minimum Gasteiger partial charge on any atom is -0.492 e. The van der Waals surface area contributed by atoms with E-state index in [0.717, 1.165) is 0 Å². The van der Waals surface area contributed by atoms with Gasteiger partial charge in [0.25, 0.3) is 0 Å². The van der Waals surface area contributed by atoms with Crippen LogP contribution in [0.1, 0.15) is 23.3 Å². The monoisotopic (exact) mass is 325 g/mol. The van der Waals surface area contributed by atoms with Crippen LogP contribution in [-0.4, -0.2) is 40.3 Å². The summed E-state index contributed by atoms with van der Waals surface area (Å²) in [6, 6.07) is 0. The Morgan fingerprint density at radius 2 is 1.71 bits per heavy atom. The first-order valence-electron chi connectivity index (χ1n) is 5.63. The van der Waals surface area contributed by atoms with Crippen molar-refractivity contribution in [3.05, 3.63) is 23.3 Å². The molecule has 116 valence electrons. The summed E-state index contributed by atoms with van der Waals surface area (Å²) in [5.74, 6) is -1.73. The van der Waals surface area contributed by atoms with Crippen molar-refractivity contribution in [2.75, 3.05) is 6.61 Å². The van der Waals surface area contributed by atoms with Gasteiger partial charge in [-0.25, -0.2) is 0 Å². The second-order valence-electron chi connectivity index (χ2n) is 4.46. The molecule has 0 aromatic carbocycles. The number of aromatic nitrogens is 1. The van der Waals surface area contributed by atoms with Gasteiger partial charge in [0.15, 0.2) is 0 Å². The van der Waals surface area contributed by atoms with Crippen molar-refractivity contribution in [1.29, 1.82) is 0 Å². The standard InChI is InChI=1S/C10H9F2NO7S/c11-10(12,3-14)21(17,18)20-13-8(15)6-4-1-2-5(19-4)7(6)9(13)16/h1-2,4-5,14-16H,3H2. The maximum absolute atomic E-state index is 13.1. The van der Waals surface area contributed by atoms with Gasteiger partial charge in [0.05, 0.1) is 11.1 Å². The minimum absolute atomic E-state index is 0.0287. The van der Waals surface area contributed by atoms with Gasteiger partial charge in [0, 0.05) is 0 Å². The molecule has 1 aromatic rings. The van der Waals surface area contributed by atoms with Crippen molar-refractivity contribution in [2.24, 2.45) is 0 Å². The Morgan fingerprint density at radius 1 is 1.24 bits per heavy atom. The van der Waals surface area contributed by atoms with E-state index in [0.29, 0.717) is 0 Å². The molecule has 0 amide bonds. The van der Waals surface area contributed by atoms with Crippen molar-refractivity contribution in [2.45, 2.75) is 17.5 Å². The lowest BCUT2D eigenvalue weighted by atomic mass is 10.0. The van der Waals surface area contributed by atoms with E-state index in [2.05, 4.69) is 4.28 Å². The van der Waals surface area contributed by atoms with Crippen LogP contribution in [0.3, 0.4) is 0 Å². The number of hydrogen-bond acceptors (Lipinski definition) is 7. The molecular formula is C10H9F2NO7S. The van der Waals surface area contributed by atoms with Gasteiger partial charge in [-0.2, -0.15) is 17.2 Å². The molecule has 2 aliphatic heterocycles. The smallest absolute Gasteiger partial charge is 0.404 e. The SMILES string of the molecule is O=S(=O)(On1c(O)c2c(c1O)C1C=CC2O1)C(F)(F)CO. The summed E-state index contributed by atoms with van der Waals surface area (Å²) in [6.45, 7) is -2.01. The summed E-state index contributed by atoms with van der Waals surface area (Å²) in [4.78, 5) is 0. The molecule has 0 spiro atoms. The molecule has 21 heavy (non-hydrogen) atoms. The van der Waals surface area contributed by atoms with E-state index in [-0.39, 0.29) is 15.9 Å². The molecule has 2 unspecified atom stereocenters. The Balaban J connectivity index is 2.04. The number of aliphatic hydroxyl groups is 1. The highest BCUT2D eigenvalue weighted by atomic mass is 32.2. The second kappa shape index (κ2) is 4.08. The number of aromatic hydroxyl groups is 2. The van der Waals surface area contributed by atoms with E-state index in [4.69, 9.17) is 9.84 Å². The first-order valence-corrected chi connectivity index (χ1v) is 7.04. The van der Waals surface area contributed by atoms with Crippen LogP contribution in [0.15, 0.2) is 12.2 Å². The van der Waals surface area contributed by atoms with Crippen molar-refractivity contribution in [3.8, 4) is 11.8 Å². The number of rotatable bonds is 4. The first-order chi connectivity index (χ1) is 9.69. The van der Waals surface area contributed by atoms with E-state index >= 15 is 0 Å². The van der Waals surface area contributed by atoms with Crippen LogP contribution in [0.4, 0.5) is 8.78 Å². The molecule has 0 aliphatic carbocycles. The Morgan fingerprint density at radius 3 is 2.14 bits per heavy atom. The van der Waals surface area contributed by atoms with Gasteiger partial charge in [-0.05, 0) is 0 Å². The normalized spacial score (nSPS) is 23.6. The Labute approximate surface area is 116 Å². The number of aliphatic hydroxyl groups excluding tert-OH is 1. The van der Waals surface area contributed by atoms with Gasteiger partial charge in [0.1, 0.15) is 18.8 Å². The highest BCUT2D eigenvalue weighted by molar-refractivity contribution is 7.88. The van der Waals surface area contributed by atoms with E-state index in [1.165, 1.54) is 0 Å². The molecule has 2 aliphatic rings. The van der Waals surface area contributed by atoms with Crippen molar-refractivity contribution >= 4 is 10.1 Å². The van der Waals surface area contributed by atoms with Crippen LogP contribution in [0.5, 0.6) is 11.8 Å². The fraction of sp³-hybridized carbons (Fsp3) is 0.400. The van der Waals surface area contributed by atoms with Crippen LogP contribution in [0, 0.1) is 0 Å². The Hall–Kier alpha value is -1.85. The predicted molar refractivity (Wildman–Crippen MR) is 61.0 cm³/mol. The van der Waals surface area contributed by atoms with Gasteiger partial charge in [-0.3, -0.25) is 4.28 Å². The number of ether oxygens (including phenoxy) is 1. The quantitative estimate of drug-likeness (QED) is 0.663. The molecular weight excluding hydrogens is 316 g/mol. The molecule has 11 heteroatoms. The molecule has 8 nitrogen and oxygen atoms in total. The Bertz CT molecular complexity index is 704. The van der Waals surface area contributed by atoms with E-state index in [1.54, 1.807) is 12.2 Å². The summed E-state index contributed by atoms with van der Waals surface area (Å²) in [5, 5.41) is 23.5. The summed E-state index contributed by atoms with van der Waals surface area (Å²) in [6.07, 6.45) is 1.66. The molecule has 3 heterocycles. The number of alkyl halides is 2. The van der Waals surface area contributed by atoms with Crippen molar-refractivity contribution < 1.29 is 41.5 Å². The lowest BCUT2D eigenvalue weighted by Crippen LogP contribution is -2.39. The molecule has 1 aromatic heterocycles. The van der Waals surface area contributed by atoms with E-state index < -0.39 is 45.9 Å². The first kappa shape index (κ1) is 14.1. The van der Waals surface area contributed by atoms with Crippen LogP contribution in [0.25, 0.3) is 0 Å². The molecule has 0 fully saturated rings. The average molecular weight is 325 g/mol. The van der Waals surface area contributed by atoms with Crippen molar-refractivity contribution in [1.82, 2.24) is 4.73 Å². The summed E-state index contributed by atoms with van der Waals surface area (Å²) >= 11 is 0. The van der Waals surface area contributed by atoms with Crippen molar-refractivity contribution in [3.63, 3.8) is 0 Å². The topological polar surface area (TPSA) is 118 Å². The molecule has 0 saturated heterocycles. The third-order valence-electron chi connectivity index (χ3n) is 3.20. The molecule has 0 saturated carbocycles. The number of halogens is 2. The number of fused-ring (bicyclic) bond motifs is 5. The molecule has 2 bridgehead atoms. The van der Waals surface area contributed by atoms with Gasteiger partial charge in [-0.1, -0.05) is 16.9 Å². The molecule has 3 rings (SSSR count). The minimum atomic E-state index is -5.61. The largest absolute Gasteiger partial charge is 0.492 e. The van der Waals surface area contributed by atoms with E-state index in [1.807, 2.05) is 0 Å². The summed E-state index contributed by atoms with van der Waals surface area (Å²) in [7, 11) is -5.61. The van der Waals surface area contributed by atoms with Crippen LogP contribution < -0.4 is 4.28 Å². The Kier molecular flexibility index (Phi) is 2.74. The zero-order chi connectivity index (χ0) is 15.6. The van der Waals surface area contributed by atoms with Crippen LogP contribution >= 0.6 is 0 Å². The fourth-order valence-electron chi connectivity index (χ4n) is 2.20. The third kappa shape index (κ3) is 1.74. The van der Waals surface area contributed by atoms with E-state index in [9.17, 15) is 27.4 Å². The second-order valence-corrected chi connectivity index (χ2v) is 6.11. The summed E-state index contributed by atoms with van der Waals surface area (Å²) in [5.41, 5.74) is 0.0880. The predicted octanol–water partition coefficient (Wildman–Crippen LogP) is -0.0750. The zero-order valence-electron chi connectivity index (χ0n) is 10.1. The highest BCUT2D eigenvalue weighted by Crippen LogP contribution is 2.54. The third-order valence-corrected chi connectivity index (χ3v) is 4.41. The summed E-state index contributed by atoms with van der Waals surface area (Å²) < 4.78 is 58.1. The highest BCUT2D eigenvalue weighted by Gasteiger charge is 2.50. The van der Waals surface area contributed by atoms with Crippen LogP contribution in [0.2, 0.25) is 0 Å². The number of nitrogens with zero attached hydrogens (tertiary/aromatic N) is 1. The lowest BCUT2D eigenvalue weighted by Gasteiger charge is -2.16. The molecule has 0 radical (unpaired) electrons. The van der Waals surface area contributed by atoms with Gasteiger partial charge in [0.2, 0.25) is 11.8 Å².